The average Bonchev–Trinajstić information content (AvgIpc) is 2.55. The summed E-state index contributed by atoms with van der Waals surface area (Å²) >= 11 is 6.13. The fourth-order valence-corrected chi connectivity index (χ4v) is 2.22. The third-order valence-electron chi connectivity index (χ3n) is 3.03. The first-order valence-electron chi connectivity index (χ1n) is 6.96. The van der Waals surface area contributed by atoms with Crippen LogP contribution in [0.2, 0.25) is 5.02 Å². The number of carbonyl (C=O) groups excluding carboxylic acids is 1. The second kappa shape index (κ2) is 6.53. The Morgan fingerprint density at radius 1 is 1.22 bits per heavy atom. The van der Waals surface area contributed by atoms with Crippen molar-refractivity contribution in [3.63, 3.8) is 0 Å². The number of hydrogen-bond donors (Lipinski definition) is 2. The van der Waals surface area contributed by atoms with Crippen LogP contribution < -0.4 is 10.6 Å². The quantitative estimate of drug-likeness (QED) is 0.771. The van der Waals surface area contributed by atoms with E-state index in [-0.39, 0.29) is 6.03 Å². The molecule has 3 rings (SSSR count). The molecule has 3 aromatic rings. The van der Waals surface area contributed by atoms with Gasteiger partial charge in [0.15, 0.2) is 5.65 Å². The smallest absolute Gasteiger partial charge is 0.320 e. The maximum atomic E-state index is 11.6. The number of urea groups is 1. The number of hydrogen-bond acceptors (Lipinski definition) is 5. The summed E-state index contributed by atoms with van der Waals surface area (Å²) in [4.78, 5) is 28.6. The largest absolute Gasteiger partial charge is 0.338 e. The second-order valence-corrected chi connectivity index (χ2v) is 5.04. The van der Waals surface area contributed by atoms with Gasteiger partial charge in [-0.15, -0.1) is 0 Å². The molecule has 0 bridgehead atoms. The lowest BCUT2D eigenvalue weighted by molar-refractivity contribution is 0.252. The molecule has 0 atom stereocenters. The molecular formula is C15H13ClN6O. The molecule has 7 nitrogen and oxygen atoms in total. The van der Waals surface area contributed by atoms with Crippen LogP contribution in [0.5, 0.6) is 0 Å². The molecule has 2 N–H and O–H groups in total. The van der Waals surface area contributed by atoms with Gasteiger partial charge in [0.2, 0.25) is 0 Å². The van der Waals surface area contributed by atoms with E-state index < -0.39 is 0 Å². The maximum Gasteiger partial charge on any atom is 0.320 e. The van der Waals surface area contributed by atoms with Gasteiger partial charge in [-0.2, -0.15) is 0 Å². The van der Waals surface area contributed by atoms with E-state index in [4.69, 9.17) is 11.6 Å². The van der Waals surface area contributed by atoms with Crippen LogP contribution in [0.15, 0.2) is 36.8 Å². The van der Waals surface area contributed by atoms with E-state index in [1.165, 1.54) is 0 Å². The van der Waals surface area contributed by atoms with Gasteiger partial charge >= 0.3 is 6.03 Å². The zero-order valence-corrected chi connectivity index (χ0v) is 13.0. The summed E-state index contributed by atoms with van der Waals surface area (Å²) in [6, 6.07) is 4.86. The lowest BCUT2D eigenvalue weighted by Gasteiger charge is -2.07. The molecule has 8 heteroatoms. The van der Waals surface area contributed by atoms with Crippen molar-refractivity contribution in [1.29, 1.82) is 0 Å². The highest BCUT2D eigenvalue weighted by Crippen LogP contribution is 2.25. The minimum Gasteiger partial charge on any atom is -0.338 e. The Bertz CT molecular complexity index is 869. The number of carbonyl (C=O) groups is 1. The van der Waals surface area contributed by atoms with Crippen molar-refractivity contribution in [2.75, 3.05) is 11.9 Å². The molecule has 0 fully saturated rings. The van der Waals surface area contributed by atoms with Crippen LogP contribution in [0.25, 0.3) is 22.4 Å². The van der Waals surface area contributed by atoms with E-state index in [0.29, 0.717) is 34.2 Å². The lowest BCUT2D eigenvalue weighted by Crippen LogP contribution is -2.28. The summed E-state index contributed by atoms with van der Waals surface area (Å²) in [5.41, 5.74) is 2.36. The van der Waals surface area contributed by atoms with E-state index in [9.17, 15) is 4.79 Å². The average molecular weight is 329 g/mol. The van der Waals surface area contributed by atoms with Gasteiger partial charge < -0.3 is 5.32 Å². The zero-order valence-electron chi connectivity index (χ0n) is 12.2. The van der Waals surface area contributed by atoms with Crippen molar-refractivity contribution >= 4 is 34.6 Å². The fourth-order valence-electron chi connectivity index (χ4n) is 2.00. The van der Waals surface area contributed by atoms with Crippen LogP contribution in [-0.2, 0) is 0 Å². The first-order chi connectivity index (χ1) is 11.2. The Kier molecular flexibility index (Phi) is 4.29. The van der Waals surface area contributed by atoms with Crippen LogP contribution in [-0.4, -0.2) is 32.5 Å². The molecule has 2 amide bonds. The third-order valence-corrected chi connectivity index (χ3v) is 3.34. The Balaban J connectivity index is 1.98. The van der Waals surface area contributed by atoms with Crippen LogP contribution >= 0.6 is 11.6 Å². The Labute approximate surface area is 137 Å². The number of nitrogens with zero attached hydrogens (tertiary/aromatic N) is 4. The predicted octanol–water partition coefficient (Wildman–Crippen LogP) is 2.88. The van der Waals surface area contributed by atoms with Gasteiger partial charge in [0.05, 0.1) is 16.9 Å². The van der Waals surface area contributed by atoms with Crippen molar-refractivity contribution in [2.45, 2.75) is 6.92 Å². The summed E-state index contributed by atoms with van der Waals surface area (Å²) in [5.74, 6) is 0.399. The standard InChI is InChI=1S/C15H13ClN6O/c1-2-18-15(23)22-13-4-3-11-14(21-13)20-12(8-19-11)9-5-6-17-7-10(9)16/h3-8H,2H2,1H3,(H2,18,20,21,22,23). The monoisotopic (exact) mass is 328 g/mol. The van der Waals surface area contributed by atoms with E-state index in [0.717, 1.165) is 5.56 Å². The minimum atomic E-state index is -0.319. The summed E-state index contributed by atoms with van der Waals surface area (Å²) in [6.45, 7) is 2.37. The van der Waals surface area contributed by atoms with Gasteiger partial charge in [0.1, 0.15) is 11.3 Å². The highest BCUT2D eigenvalue weighted by atomic mass is 35.5. The van der Waals surface area contributed by atoms with Crippen molar-refractivity contribution in [3.8, 4) is 11.3 Å². The number of nitrogens with one attached hydrogen (secondary N) is 2. The van der Waals surface area contributed by atoms with Crippen LogP contribution in [0, 0.1) is 0 Å². The van der Waals surface area contributed by atoms with Gasteiger partial charge in [0.25, 0.3) is 0 Å². The maximum absolute atomic E-state index is 11.6. The molecule has 0 saturated carbocycles. The van der Waals surface area contributed by atoms with E-state index in [2.05, 4.69) is 30.6 Å². The Morgan fingerprint density at radius 3 is 2.87 bits per heavy atom. The van der Waals surface area contributed by atoms with Gasteiger partial charge in [0, 0.05) is 24.5 Å². The van der Waals surface area contributed by atoms with Gasteiger partial charge in [-0.3, -0.25) is 15.3 Å². The highest BCUT2D eigenvalue weighted by Gasteiger charge is 2.09. The van der Waals surface area contributed by atoms with E-state index >= 15 is 0 Å². The molecule has 0 aliphatic rings. The molecule has 0 spiro atoms. The molecule has 3 heterocycles. The van der Waals surface area contributed by atoms with Crippen molar-refractivity contribution in [1.82, 2.24) is 25.3 Å². The summed E-state index contributed by atoms with van der Waals surface area (Å²) in [6.07, 6.45) is 4.80. The number of amides is 2. The molecule has 0 aromatic carbocycles. The first kappa shape index (κ1) is 15.1. The molecular weight excluding hydrogens is 316 g/mol. The number of rotatable bonds is 3. The molecule has 116 valence electrons. The van der Waals surface area contributed by atoms with Crippen LogP contribution in [0.1, 0.15) is 6.92 Å². The first-order valence-corrected chi connectivity index (χ1v) is 7.33. The topological polar surface area (TPSA) is 92.7 Å². The molecule has 0 aliphatic carbocycles. The molecule has 0 saturated heterocycles. The molecule has 0 aliphatic heterocycles. The van der Waals surface area contributed by atoms with Gasteiger partial charge in [-0.1, -0.05) is 11.6 Å². The van der Waals surface area contributed by atoms with E-state index in [1.54, 1.807) is 36.8 Å². The zero-order chi connectivity index (χ0) is 16.2. The Hall–Kier alpha value is -2.80. The number of pyridine rings is 2. The normalized spacial score (nSPS) is 10.5. The second-order valence-electron chi connectivity index (χ2n) is 4.63. The van der Waals surface area contributed by atoms with Crippen molar-refractivity contribution in [3.05, 3.63) is 41.8 Å². The Morgan fingerprint density at radius 2 is 2.09 bits per heavy atom. The summed E-state index contributed by atoms with van der Waals surface area (Å²) < 4.78 is 0. The highest BCUT2D eigenvalue weighted by molar-refractivity contribution is 6.33. The lowest BCUT2D eigenvalue weighted by atomic mass is 10.2. The van der Waals surface area contributed by atoms with Crippen molar-refractivity contribution < 1.29 is 4.79 Å². The van der Waals surface area contributed by atoms with Crippen LogP contribution in [0.4, 0.5) is 10.6 Å². The molecule has 0 unspecified atom stereocenters. The third kappa shape index (κ3) is 3.35. The predicted molar refractivity (Wildman–Crippen MR) is 88.3 cm³/mol. The molecule has 3 aromatic heterocycles. The van der Waals surface area contributed by atoms with Crippen LogP contribution in [0.3, 0.4) is 0 Å². The van der Waals surface area contributed by atoms with E-state index in [1.807, 2.05) is 6.92 Å². The fraction of sp³-hybridized carbons (Fsp3) is 0.133. The molecule has 0 radical (unpaired) electrons. The summed E-state index contributed by atoms with van der Waals surface area (Å²) in [7, 11) is 0. The number of fused-ring (bicyclic) bond motifs is 1. The summed E-state index contributed by atoms with van der Waals surface area (Å²) in [5, 5.41) is 5.76. The molecule has 23 heavy (non-hydrogen) atoms. The number of aromatic nitrogens is 4. The minimum absolute atomic E-state index is 0.319. The van der Waals surface area contributed by atoms with Gasteiger partial charge in [-0.05, 0) is 25.1 Å². The van der Waals surface area contributed by atoms with Gasteiger partial charge in [-0.25, -0.2) is 14.8 Å². The van der Waals surface area contributed by atoms with Crippen molar-refractivity contribution in [2.24, 2.45) is 0 Å². The number of halogens is 1. The SMILES string of the molecule is CCNC(=O)Nc1ccc2ncc(-c3ccncc3Cl)nc2n1. The number of anilines is 1.